The Kier molecular flexibility index (Phi) is 4.13. The molecule has 0 radical (unpaired) electrons. The van der Waals surface area contributed by atoms with Gasteiger partial charge in [-0.25, -0.2) is 4.79 Å². The third-order valence-electron chi connectivity index (χ3n) is 2.60. The summed E-state index contributed by atoms with van der Waals surface area (Å²) in [5.74, 6) is 0.903. The van der Waals surface area contributed by atoms with Crippen LogP contribution in [0.15, 0.2) is 33.7 Å². The van der Waals surface area contributed by atoms with Gasteiger partial charge in [0.2, 0.25) is 5.89 Å². The van der Waals surface area contributed by atoms with Gasteiger partial charge in [-0.1, -0.05) is 25.9 Å². The number of carboxylic acid groups (broad SMARTS) is 1. The molecular weight excluding hydrogens is 276 g/mol. The average molecular weight is 292 g/mol. The van der Waals surface area contributed by atoms with Crippen LogP contribution in [0.3, 0.4) is 0 Å². The summed E-state index contributed by atoms with van der Waals surface area (Å²) in [6, 6.07) is 6.71. The number of benzene rings is 1. The summed E-state index contributed by atoms with van der Waals surface area (Å²) in [6.45, 7) is 6.08. The number of hydrogen-bond acceptors (Lipinski definition) is 5. The minimum atomic E-state index is -0.923. The zero-order chi connectivity index (χ0) is 14.8. The highest BCUT2D eigenvalue weighted by molar-refractivity contribution is 7.98. The lowest BCUT2D eigenvalue weighted by molar-refractivity contribution is 0.0697. The van der Waals surface area contributed by atoms with Crippen molar-refractivity contribution >= 4 is 17.7 Å². The molecule has 0 spiro atoms. The minimum absolute atomic E-state index is 0.129. The highest BCUT2D eigenvalue weighted by Gasteiger charge is 2.20. The van der Waals surface area contributed by atoms with Crippen LogP contribution < -0.4 is 0 Å². The second kappa shape index (κ2) is 5.66. The quantitative estimate of drug-likeness (QED) is 0.871. The third kappa shape index (κ3) is 3.60. The molecule has 1 aromatic heterocycles. The predicted molar refractivity (Wildman–Crippen MR) is 76.0 cm³/mol. The molecule has 0 aliphatic rings. The Balaban J connectivity index is 1.98. The van der Waals surface area contributed by atoms with Crippen LogP contribution in [0.5, 0.6) is 0 Å². The van der Waals surface area contributed by atoms with Gasteiger partial charge >= 0.3 is 5.97 Å². The van der Waals surface area contributed by atoms with Gasteiger partial charge in [-0.05, 0) is 24.3 Å². The van der Waals surface area contributed by atoms with Gasteiger partial charge in [0.05, 0.1) is 11.3 Å². The maximum atomic E-state index is 10.7. The molecule has 0 unspecified atom stereocenters. The van der Waals surface area contributed by atoms with E-state index in [1.807, 2.05) is 20.8 Å². The molecule has 1 heterocycles. The fourth-order valence-corrected chi connectivity index (χ4v) is 2.19. The molecule has 6 heteroatoms. The topological polar surface area (TPSA) is 76.2 Å². The Hall–Kier alpha value is -1.82. The van der Waals surface area contributed by atoms with Crippen LogP contribution in [0.4, 0.5) is 0 Å². The number of thioether (sulfide) groups is 1. The van der Waals surface area contributed by atoms with E-state index in [2.05, 4.69) is 10.1 Å². The van der Waals surface area contributed by atoms with Crippen LogP contribution in [0, 0.1) is 0 Å². The van der Waals surface area contributed by atoms with Gasteiger partial charge in [0.15, 0.2) is 5.82 Å². The fourth-order valence-electron chi connectivity index (χ4n) is 1.46. The monoisotopic (exact) mass is 292 g/mol. The lowest BCUT2D eigenvalue weighted by Crippen LogP contribution is -2.13. The molecule has 5 nitrogen and oxygen atoms in total. The highest BCUT2D eigenvalue weighted by atomic mass is 32.2. The van der Waals surface area contributed by atoms with Crippen molar-refractivity contribution in [3.63, 3.8) is 0 Å². The van der Waals surface area contributed by atoms with E-state index in [1.54, 1.807) is 24.3 Å². The van der Waals surface area contributed by atoms with E-state index in [4.69, 9.17) is 9.63 Å². The Morgan fingerprint density at radius 2 is 1.95 bits per heavy atom. The number of rotatable bonds is 4. The molecule has 20 heavy (non-hydrogen) atoms. The van der Waals surface area contributed by atoms with Crippen molar-refractivity contribution < 1.29 is 14.4 Å². The summed E-state index contributed by atoms with van der Waals surface area (Å²) in [5.41, 5.74) is 0.150. The summed E-state index contributed by atoms with van der Waals surface area (Å²) >= 11 is 1.53. The van der Waals surface area contributed by atoms with E-state index in [9.17, 15) is 4.79 Å². The molecule has 1 N–H and O–H groups in total. The SMILES string of the molecule is CC(C)(C)c1noc(CSc2ccc(C(=O)O)cc2)n1. The van der Waals surface area contributed by atoms with Crippen LogP contribution in [-0.4, -0.2) is 21.2 Å². The van der Waals surface area contributed by atoms with E-state index in [0.29, 0.717) is 17.5 Å². The summed E-state index contributed by atoms with van der Waals surface area (Å²) in [6.07, 6.45) is 0. The molecule has 0 aliphatic carbocycles. The van der Waals surface area contributed by atoms with Crippen molar-refractivity contribution in [1.82, 2.24) is 10.1 Å². The van der Waals surface area contributed by atoms with Crippen molar-refractivity contribution in [2.75, 3.05) is 0 Å². The lowest BCUT2D eigenvalue weighted by atomic mass is 9.96. The van der Waals surface area contributed by atoms with E-state index in [-0.39, 0.29) is 11.0 Å². The Bertz CT molecular complexity index is 600. The zero-order valence-corrected chi connectivity index (χ0v) is 12.4. The van der Waals surface area contributed by atoms with Crippen LogP contribution in [0.25, 0.3) is 0 Å². The maximum absolute atomic E-state index is 10.7. The minimum Gasteiger partial charge on any atom is -0.478 e. The number of aromatic nitrogens is 2. The first-order valence-electron chi connectivity index (χ1n) is 6.15. The van der Waals surface area contributed by atoms with Crippen molar-refractivity contribution in [1.29, 1.82) is 0 Å². The molecule has 2 rings (SSSR count). The standard InChI is InChI=1S/C14H16N2O3S/c1-14(2,3)13-15-11(19-16-13)8-20-10-6-4-9(5-7-10)12(17)18/h4-7H,8H2,1-3H3,(H,17,18). The smallest absolute Gasteiger partial charge is 0.335 e. The number of hydrogen-bond donors (Lipinski definition) is 1. The van der Waals surface area contributed by atoms with E-state index < -0.39 is 5.97 Å². The third-order valence-corrected chi connectivity index (χ3v) is 3.60. The normalized spacial score (nSPS) is 11.6. The van der Waals surface area contributed by atoms with E-state index in [1.165, 1.54) is 11.8 Å². The second-order valence-corrected chi connectivity index (χ2v) is 6.43. The van der Waals surface area contributed by atoms with Gasteiger partial charge in [-0.15, -0.1) is 11.8 Å². The van der Waals surface area contributed by atoms with Gasteiger partial charge in [0, 0.05) is 10.3 Å². The molecule has 0 saturated heterocycles. The zero-order valence-electron chi connectivity index (χ0n) is 11.6. The van der Waals surface area contributed by atoms with Crippen molar-refractivity contribution in [2.45, 2.75) is 36.8 Å². The molecule has 0 atom stereocenters. The lowest BCUT2D eigenvalue weighted by Gasteiger charge is -2.10. The summed E-state index contributed by atoms with van der Waals surface area (Å²) < 4.78 is 5.20. The highest BCUT2D eigenvalue weighted by Crippen LogP contribution is 2.24. The molecule has 2 aromatic rings. The molecule has 0 amide bonds. The molecule has 1 aromatic carbocycles. The van der Waals surface area contributed by atoms with Crippen LogP contribution >= 0.6 is 11.8 Å². The maximum Gasteiger partial charge on any atom is 0.335 e. The first-order valence-corrected chi connectivity index (χ1v) is 7.14. The Morgan fingerprint density at radius 1 is 1.30 bits per heavy atom. The number of carbonyl (C=O) groups is 1. The second-order valence-electron chi connectivity index (χ2n) is 5.38. The largest absolute Gasteiger partial charge is 0.478 e. The molecule has 0 aliphatic heterocycles. The number of carboxylic acids is 1. The molecule has 106 valence electrons. The van der Waals surface area contributed by atoms with Gasteiger partial charge in [-0.3, -0.25) is 0 Å². The average Bonchev–Trinajstić information content (AvgIpc) is 2.85. The number of nitrogens with zero attached hydrogens (tertiary/aromatic N) is 2. The van der Waals surface area contributed by atoms with Crippen molar-refractivity contribution in [3.05, 3.63) is 41.5 Å². The van der Waals surface area contributed by atoms with Gasteiger partial charge in [-0.2, -0.15) is 4.98 Å². The van der Waals surface area contributed by atoms with Crippen molar-refractivity contribution in [3.8, 4) is 0 Å². The Labute approximate surface area is 121 Å². The van der Waals surface area contributed by atoms with Crippen LogP contribution in [0.1, 0.15) is 42.8 Å². The van der Waals surface area contributed by atoms with E-state index in [0.717, 1.165) is 4.90 Å². The Morgan fingerprint density at radius 3 is 2.45 bits per heavy atom. The fraction of sp³-hybridized carbons (Fsp3) is 0.357. The molecule has 0 saturated carbocycles. The molecule has 0 bridgehead atoms. The molecule has 0 fully saturated rings. The number of aromatic carboxylic acids is 1. The first kappa shape index (κ1) is 14.6. The van der Waals surface area contributed by atoms with Crippen LogP contribution in [0.2, 0.25) is 0 Å². The first-order chi connectivity index (χ1) is 9.36. The van der Waals surface area contributed by atoms with Gasteiger partial charge < -0.3 is 9.63 Å². The predicted octanol–water partition coefficient (Wildman–Crippen LogP) is 3.36. The molecular formula is C14H16N2O3S. The van der Waals surface area contributed by atoms with Gasteiger partial charge in [0.1, 0.15) is 0 Å². The summed E-state index contributed by atoms with van der Waals surface area (Å²) in [7, 11) is 0. The summed E-state index contributed by atoms with van der Waals surface area (Å²) in [5, 5.41) is 12.8. The van der Waals surface area contributed by atoms with E-state index >= 15 is 0 Å². The van der Waals surface area contributed by atoms with Crippen LogP contribution in [-0.2, 0) is 11.2 Å². The summed E-state index contributed by atoms with van der Waals surface area (Å²) in [4.78, 5) is 16.1. The van der Waals surface area contributed by atoms with Gasteiger partial charge in [0.25, 0.3) is 0 Å². The van der Waals surface area contributed by atoms with Crippen molar-refractivity contribution in [2.24, 2.45) is 0 Å².